The standard InChI is InChI=1S/C18H10BrFN4O2S/c19-14-7-12-16(27-14)17(25)24(18(26)23(12)6-2-5-21)13-9-22-8-10-3-1-4-11(20)15(10)13/h1,3-4,7-9H,2,6H2. The van der Waals surface area contributed by atoms with Crippen molar-refractivity contribution < 1.29 is 4.39 Å². The van der Waals surface area contributed by atoms with Gasteiger partial charge in [-0.1, -0.05) is 12.1 Å². The molecule has 1 aromatic carbocycles. The van der Waals surface area contributed by atoms with E-state index >= 15 is 0 Å². The van der Waals surface area contributed by atoms with E-state index in [-0.39, 0.29) is 24.0 Å². The number of nitrogens with zero attached hydrogens (tertiary/aromatic N) is 4. The molecule has 0 spiro atoms. The fourth-order valence-corrected chi connectivity index (χ4v) is 4.57. The van der Waals surface area contributed by atoms with Crippen molar-refractivity contribution in [2.75, 3.05) is 0 Å². The molecule has 134 valence electrons. The molecule has 3 aromatic heterocycles. The molecule has 0 N–H and O–H groups in total. The van der Waals surface area contributed by atoms with Gasteiger partial charge >= 0.3 is 5.69 Å². The van der Waals surface area contributed by atoms with Gasteiger partial charge in [0, 0.05) is 23.5 Å². The lowest BCUT2D eigenvalue weighted by Gasteiger charge is -2.13. The van der Waals surface area contributed by atoms with Gasteiger partial charge in [0.05, 0.1) is 33.7 Å². The number of hydrogen-bond donors (Lipinski definition) is 0. The quantitative estimate of drug-likeness (QED) is 0.483. The molecule has 9 heteroatoms. The molecule has 0 bridgehead atoms. The predicted octanol–water partition coefficient (Wildman–Crippen LogP) is 3.58. The largest absolute Gasteiger partial charge is 0.336 e. The molecule has 6 nitrogen and oxygen atoms in total. The van der Waals surface area contributed by atoms with Crippen LogP contribution in [-0.4, -0.2) is 14.1 Å². The molecular formula is C18H10BrFN4O2S. The van der Waals surface area contributed by atoms with Crippen LogP contribution in [0.3, 0.4) is 0 Å². The van der Waals surface area contributed by atoms with Gasteiger partial charge in [-0.25, -0.2) is 13.8 Å². The molecule has 3 heterocycles. The van der Waals surface area contributed by atoms with Crippen LogP contribution in [0.15, 0.2) is 50.0 Å². The maximum Gasteiger partial charge on any atom is 0.336 e. The first-order valence-corrected chi connectivity index (χ1v) is 9.48. The third-order valence-corrected chi connectivity index (χ3v) is 5.81. The van der Waals surface area contributed by atoms with Crippen molar-refractivity contribution >= 4 is 48.3 Å². The van der Waals surface area contributed by atoms with Crippen molar-refractivity contribution in [2.24, 2.45) is 0 Å². The van der Waals surface area contributed by atoms with E-state index in [0.717, 1.165) is 4.57 Å². The van der Waals surface area contributed by atoms with Crippen molar-refractivity contribution in [1.82, 2.24) is 14.1 Å². The lowest BCUT2D eigenvalue weighted by Crippen LogP contribution is -2.38. The second-order valence-electron chi connectivity index (χ2n) is 5.74. The van der Waals surface area contributed by atoms with E-state index in [1.54, 1.807) is 12.1 Å². The van der Waals surface area contributed by atoms with Crippen LogP contribution in [0.5, 0.6) is 0 Å². The third-order valence-electron chi connectivity index (χ3n) is 4.19. The Morgan fingerprint density at radius 3 is 2.89 bits per heavy atom. The first kappa shape index (κ1) is 17.6. The highest BCUT2D eigenvalue weighted by Crippen LogP contribution is 2.28. The molecule has 0 aliphatic carbocycles. The maximum atomic E-state index is 14.5. The molecule has 0 fully saturated rings. The average molecular weight is 445 g/mol. The van der Waals surface area contributed by atoms with Gasteiger partial charge < -0.3 is 0 Å². The molecule has 0 unspecified atom stereocenters. The van der Waals surface area contributed by atoms with Crippen LogP contribution in [-0.2, 0) is 6.54 Å². The first-order chi connectivity index (χ1) is 13.0. The number of benzene rings is 1. The third kappa shape index (κ3) is 2.78. The molecule has 0 saturated heterocycles. The Morgan fingerprint density at radius 2 is 2.11 bits per heavy atom. The number of thiophene rings is 1. The van der Waals surface area contributed by atoms with Crippen molar-refractivity contribution in [3.8, 4) is 11.8 Å². The van der Waals surface area contributed by atoms with Crippen molar-refractivity contribution in [3.05, 3.63) is 67.1 Å². The van der Waals surface area contributed by atoms with Gasteiger partial charge in [-0.05, 0) is 28.1 Å². The van der Waals surface area contributed by atoms with Crippen molar-refractivity contribution in [2.45, 2.75) is 13.0 Å². The SMILES string of the molecule is N#CCCn1c(=O)n(-c2cncc3cccc(F)c23)c(=O)c2sc(Br)cc21. The van der Waals surface area contributed by atoms with Gasteiger partial charge in [-0.2, -0.15) is 5.26 Å². The minimum atomic E-state index is -0.634. The number of nitriles is 1. The monoisotopic (exact) mass is 444 g/mol. The highest BCUT2D eigenvalue weighted by atomic mass is 79.9. The zero-order valence-electron chi connectivity index (χ0n) is 13.6. The lowest BCUT2D eigenvalue weighted by molar-refractivity contribution is 0.636. The number of aromatic nitrogens is 3. The molecule has 27 heavy (non-hydrogen) atoms. The molecule has 0 aliphatic rings. The molecule has 0 aliphatic heterocycles. The van der Waals surface area contributed by atoms with E-state index in [1.165, 1.54) is 40.4 Å². The van der Waals surface area contributed by atoms with E-state index in [2.05, 4.69) is 20.9 Å². The molecule has 4 rings (SSSR count). The summed E-state index contributed by atoms with van der Waals surface area (Å²) in [4.78, 5) is 30.3. The van der Waals surface area contributed by atoms with Crippen LogP contribution in [0.25, 0.3) is 26.7 Å². The van der Waals surface area contributed by atoms with E-state index in [9.17, 15) is 14.0 Å². The molecule has 0 saturated carbocycles. The molecule has 0 atom stereocenters. The summed E-state index contributed by atoms with van der Waals surface area (Å²) in [5, 5.41) is 9.54. The summed E-state index contributed by atoms with van der Waals surface area (Å²) in [6.45, 7) is 0.121. The van der Waals surface area contributed by atoms with Gasteiger partial charge in [0.1, 0.15) is 10.5 Å². The fourth-order valence-electron chi connectivity index (χ4n) is 3.05. The Hall–Kier alpha value is -2.83. The maximum absolute atomic E-state index is 14.5. The molecule has 0 radical (unpaired) electrons. The van der Waals surface area contributed by atoms with Gasteiger partial charge in [-0.15, -0.1) is 11.3 Å². The highest BCUT2D eigenvalue weighted by Gasteiger charge is 2.19. The van der Waals surface area contributed by atoms with Gasteiger partial charge in [-0.3, -0.25) is 14.3 Å². The Kier molecular flexibility index (Phi) is 4.37. The Morgan fingerprint density at radius 1 is 1.30 bits per heavy atom. The van der Waals surface area contributed by atoms with E-state index in [4.69, 9.17) is 5.26 Å². The summed E-state index contributed by atoms with van der Waals surface area (Å²) in [6, 6.07) is 8.14. The van der Waals surface area contributed by atoms with Crippen LogP contribution in [0, 0.1) is 17.1 Å². The van der Waals surface area contributed by atoms with Crippen LogP contribution >= 0.6 is 27.3 Å². The number of aryl methyl sites for hydroxylation is 1. The van der Waals surface area contributed by atoms with Gasteiger partial charge in [0.25, 0.3) is 5.56 Å². The Balaban J connectivity index is 2.17. The Labute approximate surface area is 163 Å². The highest BCUT2D eigenvalue weighted by molar-refractivity contribution is 9.11. The van der Waals surface area contributed by atoms with Crippen molar-refractivity contribution in [3.63, 3.8) is 0 Å². The number of fused-ring (bicyclic) bond motifs is 2. The van der Waals surface area contributed by atoms with Crippen LogP contribution in [0.4, 0.5) is 4.39 Å². The fraction of sp³-hybridized carbons (Fsp3) is 0.111. The van der Waals surface area contributed by atoms with E-state index < -0.39 is 17.1 Å². The lowest BCUT2D eigenvalue weighted by atomic mass is 10.1. The zero-order valence-corrected chi connectivity index (χ0v) is 16.1. The molecule has 0 amide bonds. The normalized spacial score (nSPS) is 11.1. The van der Waals surface area contributed by atoms with Gasteiger partial charge in [0.2, 0.25) is 0 Å². The molecule has 4 aromatic rings. The second kappa shape index (κ2) is 6.72. The van der Waals surface area contributed by atoms with Crippen LogP contribution in [0.1, 0.15) is 6.42 Å². The van der Waals surface area contributed by atoms with E-state index in [0.29, 0.717) is 19.4 Å². The second-order valence-corrected chi connectivity index (χ2v) is 8.18. The number of pyridine rings is 1. The van der Waals surface area contributed by atoms with Gasteiger partial charge in [0.15, 0.2) is 0 Å². The van der Waals surface area contributed by atoms with E-state index in [1.807, 2.05) is 6.07 Å². The summed E-state index contributed by atoms with van der Waals surface area (Å²) in [6.07, 6.45) is 2.88. The van der Waals surface area contributed by atoms with Crippen molar-refractivity contribution in [1.29, 1.82) is 5.26 Å². The summed E-state index contributed by atoms with van der Waals surface area (Å²) in [7, 11) is 0. The predicted molar refractivity (Wildman–Crippen MR) is 105 cm³/mol. The number of rotatable bonds is 3. The summed E-state index contributed by atoms with van der Waals surface area (Å²) < 4.78 is 17.8. The minimum Gasteiger partial charge on any atom is -0.291 e. The summed E-state index contributed by atoms with van der Waals surface area (Å²) in [5.41, 5.74) is -0.651. The smallest absolute Gasteiger partial charge is 0.291 e. The average Bonchev–Trinajstić information content (AvgIpc) is 3.04. The number of hydrogen-bond acceptors (Lipinski definition) is 5. The van der Waals surface area contributed by atoms with Crippen LogP contribution in [0.2, 0.25) is 0 Å². The van der Waals surface area contributed by atoms with Crippen LogP contribution < -0.4 is 11.2 Å². The first-order valence-electron chi connectivity index (χ1n) is 7.87. The number of halogens is 2. The zero-order chi connectivity index (χ0) is 19.1. The molecular weight excluding hydrogens is 435 g/mol. The minimum absolute atomic E-state index is 0.0812. The summed E-state index contributed by atoms with van der Waals surface area (Å²) >= 11 is 4.52. The summed E-state index contributed by atoms with van der Waals surface area (Å²) in [5.74, 6) is -0.549. The Bertz CT molecular complexity index is 1360. The topological polar surface area (TPSA) is 80.7 Å².